The predicted octanol–water partition coefficient (Wildman–Crippen LogP) is 0.224. The Labute approximate surface area is 264 Å². The van der Waals surface area contributed by atoms with E-state index in [1.165, 1.54) is 4.90 Å². The van der Waals surface area contributed by atoms with Gasteiger partial charge in [-0.25, -0.2) is 4.99 Å². The van der Waals surface area contributed by atoms with Crippen LogP contribution in [0.2, 0.25) is 0 Å². The summed E-state index contributed by atoms with van der Waals surface area (Å²) < 4.78 is 0. The number of primary amides is 1. The molecule has 1 fully saturated rings. The molecule has 2 unspecified atom stereocenters. The number of aliphatic hydroxyl groups excluding tert-OH is 2. The number of phenols is 1. The van der Waals surface area contributed by atoms with E-state index >= 15 is 0 Å². The maximum atomic E-state index is 14.1. The number of aliphatic imine (C=N–C) groups is 1. The molecule has 3 aliphatic rings. The van der Waals surface area contributed by atoms with Crippen molar-refractivity contribution in [1.29, 1.82) is 0 Å². The first kappa shape index (κ1) is 32.6. The van der Waals surface area contributed by atoms with Gasteiger partial charge in [-0.15, -0.1) is 0 Å². The molecule has 4 atom stereocenters. The summed E-state index contributed by atoms with van der Waals surface area (Å²) >= 11 is 0. The van der Waals surface area contributed by atoms with Gasteiger partial charge < -0.3 is 36.4 Å². The molecule has 1 aromatic carbocycles. The zero-order chi connectivity index (χ0) is 33.7. The third kappa shape index (κ3) is 5.16. The van der Waals surface area contributed by atoms with Crippen LogP contribution in [-0.2, 0) is 27.3 Å². The number of fused-ring (bicyclic) bond motifs is 3. The van der Waals surface area contributed by atoms with Gasteiger partial charge in [0, 0.05) is 50.2 Å². The van der Waals surface area contributed by atoms with Gasteiger partial charge in [0.25, 0.3) is 5.91 Å². The topological polar surface area (TPSA) is 234 Å². The molecule has 46 heavy (non-hydrogen) atoms. The zero-order valence-corrected chi connectivity index (χ0v) is 25.8. The number of carbonyl (C=O) groups excluding carboxylic acids is 3. The van der Waals surface area contributed by atoms with Crippen LogP contribution in [0, 0.1) is 11.8 Å². The van der Waals surface area contributed by atoms with Crippen molar-refractivity contribution < 1.29 is 40.0 Å². The van der Waals surface area contributed by atoms with E-state index < -0.39 is 63.8 Å². The monoisotopic (exact) mass is 635 g/mol. The molecule has 15 heteroatoms. The van der Waals surface area contributed by atoms with Crippen molar-refractivity contribution in [2.75, 3.05) is 39.6 Å². The summed E-state index contributed by atoms with van der Waals surface area (Å²) in [6.45, 7) is 0.466. The van der Waals surface area contributed by atoms with Crippen LogP contribution in [0.15, 0.2) is 52.5 Å². The Kier molecular flexibility index (Phi) is 8.61. The van der Waals surface area contributed by atoms with E-state index in [1.807, 2.05) is 11.5 Å². The number of aromatic hydroxyl groups is 1. The summed E-state index contributed by atoms with van der Waals surface area (Å²) in [7, 11) is 6.58. The Balaban J connectivity index is 1.61. The summed E-state index contributed by atoms with van der Waals surface area (Å²) in [5.41, 5.74) is 5.29. The molecule has 3 aliphatic carbocycles. The van der Waals surface area contributed by atoms with E-state index in [2.05, 4.69) is 15.3 Å². The van der Waals surface area contributed by atoms with Gasteiger partial charge in [0.1, 0.15) is 28.6 Å². The smallest absolute Gasteiger partial charge is 0.255 e. The maximum Gasteiger partial charge on any atom is 0.255 e. The Morgan fingerprint density at radius 3 is 2.50 bits per heavy atom. The second-order valence-corrected chi connectivity index (χ2v) is 12.1. The van der Waals surface area contributed by atoms with E-state index in [1.54, 1.807) is 57.6 Å². The molecule has 1 saturated carbocycles. The number of Topliss-reactive ketones (excluding diaryl/α,β-unsaturated/α-hetero) is 2. The van der Waals surface area contributed by atoms with E-state index in [0.717, 1.165) is 5.56 Å². The van der Waals surface area contributed by atoms with Gasteiger partial charge in [0.2, 0.25) is 5.78 Å². The van der Waals surface area contributed by atoms with Gasteiger partial charge in [0.15, 0.2) is 17.1 Å². The first-order valence-electron chi connectivity index (χ1n) is 14.5. The summed E-state index contributed by atoms with van der Waals surface area (Å²) in [4.78, 5) is 51.3. The molecule has 15 nitrogen and oxygen atoms in total. The van der Waals surface area contributed by atoms with Gasteiger partial charge in [-0.3, -0.25) is 35.0 Å². The van der Waals surface area contributed by atoms with Crippen LogP contribution in [0.4, 0.5) is 11.4 Å². The number of hydrogen-bond donors (Lipinski definition) is 8. The van der Waals surface area contributed by atoms with Gasteiger partial charge >= 0.3 is 0 Å². The fourth-order valence-electron chi connectivity index (χ4n) is 6.84. The van der Waals surface area contributed by atoms with Gasteiger partial charge in [0.05, 0.1) is 18.2 Å². The second kappa shape index (κ2) is 12.2. The summed E-state index contributed by atoms with van der Waals surface area (Å²) in [5.74, 6) is -7.37. The quantitative estimate of drug-likeness (QED) is 0.0840. The molecule has 0 aliphatic heterocycles. The largest absolute Gasteiger partial charge is 0.508 e. The second-order valence-electron chi connectivity index (χ2n) is 12.1. The number of aromatic nitrogens is 1. The van der Waals surface area contributed by atoms with Crippen molar-refractivity contribution in [3.63, 3.8) is 0 Å². The molecule has 1 aromatic heterocycles. The zero-order valence-electron chi connectivity index (χ0n) is 25.8. The molecule has 0 spiro atoms. The normalized spacial score (nSPS) is 24.5. The minimum atomic E-state index is -2.74. The van der Waals surface area contributed by atoms with E-state index in [-0.39, 0.29) is 42.0 Å². The van der Waals surface area contributed by atoms with Crippen LogP contribution < -0.4 is 21.4 Å². The number of hydrogen-bond acceptors (Lipinski definition) is 13. The van der Waals surface area contributed by atoms with Crippen LogP contribution in [0.3, 0.4) is 0 Å². The Morgan fingerprint density at radius 2 is 1.91 bits per heavy atom. The number of hydroxylamine groups is 1. The van der Waals surface area contributed by atoms with Crippen LogP contribution in [-0.4, -0.2) is 105 Å². The molecular formula is C31H37N7O8. The van der Waals surface area contributed by atoms with Gasteiger partial charge in [-0.2, -0.15) is 0 Å². The van der Waals surface area contributed by atoms with Crippen LogP contribution in [0.25, 0.3) is 5.76 Å². The van der Waals surface area contributed by atoms with Crippen LogP contribution in [0.1, 0.15) is 23.1 Å². The number of rotatable bonds is 8. The Hall–Kier alpha value is -4.83. The first-order chi connectivity index (χ1) is 21.7. The summed E-state index contributed by atoms with van der Waals surface area (Å²) in [6, 6.07) is 4.06. The molecule has 9 N–H and O–H groups in total. The minimum Gasteiger partial charge on any atom is -0.508 e. The minimum absolute atomic E-state index is 0.0273. The molecule has 0 saturated heterocycles. The molecule has 5 rings (SSSR count). The highest BCUT2D eigenvalue weighted by Gasteiger charge is 2.64. The van der Waals surface area contributed by atoms with E-state index in [4.69, 9.17) is 5.73 Å². The molecule has 1 heterocycles. The summed E-state index contributed by atoms with van der Waals surface area (Å²) in [5, 5.41) is 58.9. The lowest BCUT2D eigenvalue weighted by atomic mass is 9.57. The molecule has 1 amide bonds. The van der Waals surface area contributed by atoms with Crippen molar-refractivity contribution in [1.82, 2.24) is 20.7 Å². The number of amides is 1. The average Bonchev–Trinajstić information content (AvgIpc) is 2.99. The number of nitrogens with one attached hydrogen (secondary N) is 2. The fraction of sp³-hybridized carbons (Fsp3) is 0.387. The predicted molar refractivity (Wildman–Crippen MR) is 167 cm³/mol. The highest BCUT2D eigenvalue weighted by Crippen LogP contribution is 2.54. The highest BCUT2D eigenvalue weighted by molar-refractivity contribution is 6.24. The molecule has 0 radical (unpaired) electrons. The number of likely N-dealkylation sites (N-methyl/N-ethyl adjacent to an activating group) is 1. The number of ketones is 2. The van der Waals surface area contributed by atoms with Crippen molar-refractivity contribution in [3.8, 4) is 5.75 Å². The molecule has 0 bridgehead atoms. The molecule has 244 valence electrons. The number of pyridine rings is 1. The number of anilines is 1. The SMILES string of the molecule is CN(C)c1cc(N=C(CNCc2cccnc2)NO)c(O)c2c1CC1CC3[C@H](N(C)C)C(=O)C(C(N)=O)=C(O)[C@@]3(O)C(=O)C1=C2O. The van der Waals surface area contributed by atoms with E-state index in [9.17, 15) is 40.0 Å². The lowest BCUT2D eigenvalue weighted by molar-refractivity contribution is -0.153. The number of benzene rings is 1. The fourth-order valence-corrected chi connectivity index (χ4v) is 6.84. The average molecular weight is 636 g/mol. The molecular weight excluding hydrogens is 598 g/mol. The van der Waals surface area contributed by atoms with Crippen molar-refractivity contribution in [2.45, 2.75) is 31.0 Å². The third-order valence-electron chi connectivity index (χ3n) is 8.89. The highest BCUT2D eigenvalue weighted by atomic mass is 16.5. The van der Waals surface area contributed by atoms with Gasteiger partial charge in [-0.05, 0) is 56.1 Å². The third-order valence-corrected chi connectivity index (χ3v) is 8.89. The number of nitrogens with zero attached hydrogens (tertiary/aromatic N) is 4. The Morgan fingerprint density at radius 1 is 1.20 bits per heavy atom. The van der Waals surface area contributed by atoms with Crippen LogP contribution >= 0.6 is 0 Å². The van der Waals surface area contributed by atoms with Crippen molar-refractivity contribution in [2.24, 2.45) is 22.6 Å². The first-order valence-corrected chi connectivity index (χ1v) is 14.5. The number of phenolic OH excluding ortho intramolecular Hbond substituents is 1. The number of carbonyl (C=O) groups is 3. The lowest BCUT2D eigenvalue weighted by Gasteiger charge is -2.50. The maximum absolute atomic E-state index is 14.1. The number of aliphatic hydroxyl groups is 3. The van der Waals surface area contributed by atoms with Gasteiger partial charge in [-0.1, -0.05) is 6.07 Å². The van der Waals surface area contributed by atoms with E-state index in [0.29, 0.717) is 17.8 Å². The Bertz CT molecular complexity index is 1700. The number of nitrogens with two attached hydrogens (primary N) is 1. The van der Waals surface area contributed by atoms with Crippen LogP contribution in [0.5, 0.6) is 5.75 Å². The van der Waals surface area contributed by atoms with Crippen molar-refractivity contribution in [3.05, 3.63) is 64.2 Å². The van der Waals surface area contributed by atoms with Crippen molar-refractivity contribution >= 4 is 40.4 Å². The molecule has 2 aromatic rings. The number of amidine groups is 1. The standard InChI is InChI=1S/C31H37N7O8/c1-37(2)19-10-18(35-20(36-46)13-34-12-14-6-5-7-33-11-14)25(39)22-16(19)8-15-9-17-24(38(3)4)27(41)23(30(32)44)29(43)31(17,45)28(42)21(15)26(22)40/h5-7,10-11,15,17,24,34,39-40,43,45-46H,8-9,12-13H2,1-4H3,(H2,32,44)(H,35,36)/t15?,17?,24-,31-/m0/s1. The summed E-state index contributed by atoms with van der Waals surface area (Å²) in [6.07, 6.45) is 3.42. The lowest BCUT2D eigenvalue weighted by Crippen LogP contribution is -2.65.